The molecule has 3 aromatic carbocycles. The van der Waals surface area contributed by atoms with Crippen LogP contribution in [-0.2, 0) is 9.59 Å². The molecule has 0 amide bonds. The molecule has 5 heterocycles. The number of aromatic nitrogens is 4. The summed E-state index contributed by atoms with van der Waals surface area (Å²) < 4.78 is 0. The van der Waals surface area contributed by atoms with Crippen LogP contribution < -0.4 is 0 Å². The number of allylic oxidation sites excluding steroid dienone is 4. The first-order valence-electron chi connectivity index (χ1n) is 16.4. The zero-order chi connectivity index (χ0) is 33.6. The minimum absolute atomic E-state index is 0.266. The number of ketones is 2. The second-order valence-corrected chi connectivity index (χ2v) is 12.2. The van der Waals surface area contributed by atoms with Gasteiger partial charge >= 0.3 is 0 Å². The van der Waals surface area contributed by atoms with E-state index in [1.165, 1.54) is 6.08 Å². The van der Waals surface area contributed by atoms with Gasteiger partial charge in [0.1, 0.15) is 0 Å². The second kappa shape index (κ2) is 12.0. The molecule has 2 N–H and O–H groups in total. The minimum Gasteiger partial charge on any atom is -0.354 e. The highest BCUT2D eigenvalue weighted by atomic mass is 16.2. The van der Waals surface area contributed by atoms with E-state index in [4.69, 9.17) is 9.97 Å². The van der Waals surface area contributed by atoms with Gasteiger partial charge in [0.25, 0.3) is 0 Å². The number of nitrogens with zero attached hydrogens (tertiary/aromatic N) is 2. The molecule has 8 bridgehead atoms. The lowest BCUT2D eigenvalue weighted by atomic mass is 9.93. The van der Waals surface area contributed by atoms with Crippen LogP contribution in [0.15, 0.2) is 133 Å². The average molecular weight is 645 g/mol. The van der Waals surface area contributed by atoms with Crippen molar-refractivity contribution in [2.75, 3.05) is 0 Å². The molecular weight excluding hydrogens is 617 g/mol. The smallest absolute Gasteiger partial charge is 0.233 e. The molecule has 3 aliphatic rings. The monoisotopic (exact) mass is 644 g/mol. The molecule has 6 nitrogen and oxygen atoms in total. The third-order valence-electron chi connectivity index (χ3n) is 9.19. The van der Waals surface area contributed by atoms with Gasteiger partial charge < -0.3 is 9.97 Å². The number of aromatic amines is 2. The van der Waals surface area contributed by atoms with Crippen molar-refractivity contribution >= 4 is 63.5 Å². The SMILES string of the molecule is O=C1C=CC=C(c2c3nc(c(-c4ccccc4)c4ccc([nH]4)c(-c4ccccc4)c4ccc([nH]4)c(-c4ccccc4)c4nc2C=C4)C=C3)C1=O. The van der Waals surface area contributed by atoms with Gasteiger partial charge in [-0.25, -0.2) is 9.97 Å². The Balaban J connectivity index is 1.48. The van der Waals surface area contributed by atoms with Crippen molar-refractivity contribution in [2.24, 2.45) is 0 Å². The van der Waals surface area contributed by atoms with E-state index in [2.05, 4.69) is 70.6 Å². The summed E-state index contributed by atoms with van der Waals surface area (Å²) >= 11 is 0. The van der Waals surface area contributed by atoms with E-state index in [9.17, 15) is 9.59 Å². The van der Waals surface area contributed by atoms with Gasteiger partial charge in [-0.1, -0.05) is 103 Å². The third-order valence-corrected chi connectivity index (χ3v) is 9.19. The van der Waals surface area contributed by atoms with E-state index in [1.54, 1.807) is 12.2 Å². The molecular formula is C44H28N4O2. The van der Waals surface area contributed by atoms with Crippen LogP contribution in [0.1, 0.15) is 28.3 Å². The van der Waals surface area contributed by atoms with Crippen molar-refractivity contribution in [1.82, 2.24) is 19.9 Å². The number of rotatable bonds is 4. The van der Waals surface area contributed by atoms with Crippen LogP contribution in [0.3, 0.4) is 0 Å². The zero-order valence-corrected chi connectivity index (χ0v) is 26.7. The molecule has 0 saturated heterocycles. The van der Waals surface area contributed by atoms with Crippen LogP contribution in [0.4, 0.5) is 0 Å². The number of fused-ring (bicyclic) bond motifs is 8. The van der Waals surface area contributed by atoms with E-state index in [0.29, 0.717) is 17.0 Å². The lowest BCUT2D eigenvalue weighted by Crippen LogP contribution is -2.16. The van der Waals surface area contributed by atoms with Crippen LogP contribution in [-0.4, -0.2) is 31.5 Å². The topological polar surface area (TPSA) is 91.5 Å². The molecule has 9 rings (SSSR count). The van der Waals surface area contributed by atoms with Crippen LogP contribution in [0, 0.1) is 0 Å². The molecule has 6 heteroatoms. The van der Waals surface area contributed by atoms with Crippen LogP contribution in [0.2, 0.25) is 0 Å². The van der Waals surface area contributed by atoms with E-state index < -0.39 is 11.6 Å². The molecule has 6 aromatic rings. The Morgan fingerprint density at radius 3 is 1.22 bits per heavy atom. The lowest BCUT2D eigenvalue weighted by Gasteiger charge is -2.10. The number of carbonyl (C=O) groups is 2. The van der Waals surface area contributed by atoms with Gasteiger partial charge in [-0.3, -0.25) is 9.59 Å². The number of carbonyl (C=O) groups excluding carboxylic acids is 2. The van der Waals surface area contributed by atoms with Crippen LogP contribution in [0.5, 0.6) is 0 Å². The number of nitrogens with one attached hydrogen (secondary N) is 2. The van der Waals surface area contributed by atoms with Crippen molar-refractivity contribution in [3.8, 4) is 33.4 Å². The standard InChI is InChI=1S/C44H28N4O2/c49-39-18-10-17-30(44(39)50)43-37-25-23-35(47-37)41(28-13-6-2-7-14-28)33-21-19-31(45-33)40(27-11-4-1-5-12-27)32-20-22-34(46-32)42(29-15-8-3-9-16-29)36-24-26-38(43)48-36/h1-26,45-46H. The molecule has 0 spiro atoms. The summed E-state index contributed by atoms with van der Waals surface area (Å²) in [6.45, 7) is 0. The molecule has 236 valence electrons. The Morgan fingerprint density at radius 1 is 0.400 bits per heavy atom. The Hall–Kier alpha value is -6.92. The highest BCUT2D eigenvalue weighted by Crippen LogP contribution is 2.37. The Bertz CT molecular complexity index is 2520. The molecule has 3 aromatic heterocycles. The first kappa shape index (κ1) is 29.2. The number of Topliss-reactive ketones (excluding diaryl/α,β-unsaturated/α-hetero) is 1. The van der Waals surface area contributed by atoms with E-state index in [-0.39, 0.29) is 5.57 Å². The van der Waals surface area contributed by atoms with Gasteiger partial charge in [-0.05, 0) is 71.3 Å². The predicted molar refractivity (Wildman–Crippen MR) is 202 cm³/mol. The van der Waals surface area contributed by atoms with Gasteiger partial charge in [-0.2, -0.15) is 0 Å². The van der Waals surface area contributed by atoms with Crippen LogP contribution >= 0.6 is 0 Å². The van der Waals surface area contributed by atoms with Gasteiger partial charge in [0, 0.05) is 49.9 Å². The van der Waals surface area contributed by atoms with Crippen molar-refractivity contribution in [1.29, 1.82) is 0 Å². The first-order chi connectivity index (χ1) is 24.6. The Kier molecular flexibility index (Phi) is 6.99. The zero-order valence-electron chi connectivity index (χ0n) is 26.7. The maximum atomic E-state index is 13.4. The first-order valence-corrected chi connectivity index (χ1v) is 16.4. The summed E-state index contributed by atoms with van der Waals surface area (Å²) in [6.07, 6.45) is 12.3. The fraction of sp³-hybridized carbons (Fsp3) is 0. The number of benzene rings is 3. The number of hydrogen-bond acceptors (Lipinski definition) is 4. The Morgan fingerprint density at radius 2 is 0.780 bits per heavy atom. The molecule has 0 fully saturated rings. The summed E-state index contributed by atoms with van der Waals surface area (Å²) in [7, 11) is 0. The van der Waals surface area contributed by atoms with Crippen molar-refractivity contribution in [3.63, 3.8) is 0 Å². The third kappa shape index (κ3) is 4.98. The normalized spacial score (nSPS) is 13.6. The Labute approximate surface area is 287 Å². The average Bonchev–Trinajstić information content (AvgIpc) is 3.99. The molecule has 0 radical (unpaired) electrons. The molecule has 0 atom stereocenters. The number of H-pyrrole nitrogens is 2. The van der Waals surface area contributed by atoms with E-state index in [0.717, 1.165) is 66.8 Å². The summed E-state index contributed by atoms with van der Waals surface area (Å²) in [5, 5.41) is 0. The molecule has 0 unspecified atom stereocenters. The van der Waals surface area contributed by atoms with Crippen LogP contribution in [0.25, 0.3) is 85.3 Å². The van der Waals surface area contributed by atoms with Crippen molar-refractivity contribution in [2.45, 2.75) is 0 Å². The highest BCUT2D eigenvalue weighted by Gasteiger charge is 2.27. The summed E-state index contributed by atoms with van der Waals surface area (Å²) in [5.74, 6) is -1.16. The maximum Gasteiger partial charge on any atom is 0.233 e. The molecule has 50 heavy (non-hydrogen) atoms. The van der Waals surface area contributed by atoms with Gasteiger partial charge in [0.15, 0.2) is 0 Å². The highest BCUT2D eigenvalue weighted by molar-refractivity contribution is 6.58. The van der Waals surface area contributed by atoms with Gasteiger partial charge in [-0.15, -0.1) is 0 Å². The van der Waals surface area contributed by atoms with E-state index >= 15 is 0 Å². The molecule has 1 aliphatic carbocycles. The summed E-state index contributed by atoms with van der Waals surface area (Å²) in [6, 6.07) is 39.0. The fourth-order valence-electron chi connectivity index (χ4n) is 6.93. The molecule has 2 aliphatic heterocycles. The minimum atomic E-state index is -0.586. The largest absolute Gasteiger partial charge is 0.354 e. The number of hydrogen-bond donors (Lipinski definition) is 2. The quantitative estimate of drug-likeness (QED) is 0.147. The lowest BCUT2D eigenvalue weighted by molar-refractivity contribution is -0.130. The van der Waals surface area contributed by atoms with Crippen molar-refractivity contribution in [3.05, 3.63) is 162 Å². The van der Waals surface area contributed by atoms with E-state index in [1.807, 2.05) is 78.9 Å². The predicted octanol–water partition coefficient (Wildman–Crippen LogP) is 9.75. The fourth-order valence-corrected chi connectivity index (χ4v) is 6.93. The van der Waals surface area contributed by atoms with Gasteiger partial charge in [0.05, 0.1) is 22.8 Å². The van der Waals surface area contributed by atoms with Crippen molar-refractivity contribution < 1.29 is 9.59 Å². The second-order valence-electron chi connectivity index (χ2n) is 12.2. The summed E-state index contributed by atoms with van der Waals surface area (Å²) in [5.41, 5.74) is 12.9. The molecule has 0 saturated carbocycles. The summed E-state index contributed by atoms with van der Waals surface area (Å²) in [4.78, 5) is 43.9. The maximum absolute atomic E-state index is 13.4. The van der Waals surface area contributed by atoms with Gasteiger partial charge in [0.2, 0.25) is 11.6 Å².